The van der Waals surface area contributed by atoms with E-state index in [2.05, 4.69) is 0 Å². The van der Waals surface area contributed by atoms with Crippen molar-refractivity contribution in [2.45, 2.75) is 18.8 Å². The fourth-order valence-corrected chi connectivity index (χ4v) is 2.57. The second-order valence-electron chi connectivity index (χ2n) is 5.25. The maximum atomic E-state index is 11.6. The van der Waals surface area contributed by atoms with Crippen LogP contribution in [0.3, 0.4) is 0 Å². The molecule has 0 saturated carbocycles. The molecule has 1 atom stereocenters. The molecule has 0 aromatic heterocycles. The number of carboxylic acids is 1. The van der Waals surface area contributed by atoms with Crippen molar-refractivity contribution in [3.63, 3.8) is 0 Å². The molecule has 0 heterocycles. The summed E-state index contributed by atoms with van der Waals surface area (Å²) in [5, 5.41) is 9.48. The highest BCUT2D eigenvalue weighted by molar-refractivity contribution is 5.76. The van der Waals surface area contributed by atoms with Crippen LogP contribution >= 0.6 is 0 Å². The molecule has 0 amide bonds. The van der Waals surface area contributed by atoms with E-state index in [0.717, 1.165) is 11.1 Å². The van der Waals surface area contributed by atoms with Crippen LogP contribution in [0.5, 0.6) is 11.5 Å². The summed E-state index contributed by atoms with van der Waals surface area (Å²) in [4.78, 5) is 11.6. The van der Waals surface area contributed by atoms with Crippen molar-refractivity contribution in [1.29, 1.82) is 0 Å². The Hall–Kier alpha value is -2.69. The lowest BCUT2D eigenvalue weighted by atomic mass is 9.92. The van der Waals surface area contributed by atoms with Crippen LogP contribution in [-0.4, -0.2) is 25.3 Å². The van der Waals surface area contributed by atoms with Crippen molar-refractivity contribution in [2.75, 3.05) is 20.0 Å². The third kappa shape index (κ3) is 3.94. The monoisotopic (exact) mass is 315 g/mol. The number of anilines is 1. The summed E-state index contributed by atoms with van der Waals surface area (Å²) >= 11 is 0. The van der Waals surface area contributed by atoms with Crippen molar-refractivity contribution in [2.24, 2.45) is 0 Å². The van der Waals surface area contributed by atoms with Crippen LogP contribution in [0, 0.1) is 0 Å². The molecule has 0 bridgehead atoms. The van der Waals surface area contributed by atoms with Gasteiger partial charge >= 0.3 is 5.97 Å². The first kappa shape index (κ1) is 16.7. The number of hydrogen-bond donors (Lipinski definition) is 2. The number of carboxylic acid groups (broad SMARTS) is 1. The summed E-state index contributed by atoms with van der Waals surface area (Å²) < 4.78 is 10.5. The van der Waals surface area contributed by atoms with E-state index >= 15 is 0 Å². The molecule has 0 aliphatic carbocycles. The molecule has 122 valence electrons. The third-order valence-corrected chi connectivity index (χ3v) is 3.85. The number of methoxy groups -OCH3 is 2. The second-order valence-corrected chi connectivity index (χ2v) is 5.25. The number of ether oxygens (including phenoxy) is 2. The first-order valence-electron chi connectivity index (χ1n) is 7.35. The van der Waals surface area contributed by atoms with Gasteiger partial charge in [-0.15, -0.1) is 0 Å². The largest absolute Gasteiger partial charge is 0.493 e. The molecular weight excluding hydrogens is 294 g/mol. The number of aliphatic carboxylic acids is 1. The van der Waals surface area contributed by atoms with E-state index in [1.807, 2.05) is 30.3 Å². The SMILES string of the molecule is COc1cc(N)c(CC[C@@H](C(=O)O)c2ccccc2)cc1OC. The van der Waals surface area contributed by atoms with Gasteiger partial charge < -0.3 is 20.3 Å². The number of rotatable bonds is 7. The molecule has 5 nitrogen and oxygen atoms in total. The zero-order chi connectivity index (χ0) is 16.8. The van der Waals surface area contributed by atoms with E-state index in [-0.39, 0.29) is 0 Å². The molecule has 2 aromatic rings. The highest BCUT2D eigenvalue weighted by Gasteiger charge is 2.20. The van der Waals surface area contributed by atoms with Gasteiger partial charge in [-0.25, -0.2) is 0 Å². The molecule has 0 radical (unpaired) electrons. The summed E-state index contributed by atoms with van der Waals surface area (Å²) in [6.07, 6.45) is 0.997. The quantitative estimate of drug-likeness (QED) is 0.767. The molecule has 0 spiro atoms. The molecule has 23 heavy (non-hydrogen) atoms. The van der Waals surface area contributed by atoms with Gasteiger partial charge in [-0.3, -0.25) is 4.79 Å². The Labute approximate surface area is 135 Å². The van der Waals surface area contributed by atoms with Crippen molar-refractivity contribution < 1.29 is 19.4 Å². The molecule has 0 saturated heterocycles. The molecule has 0 fully saturated rings. The Balaban J connectivity index is 2.20. The lowest BCUT2D eigenvalue weighted by molar-refractivity contribution is -0.138. The Morgan fingerprint density at radius 2 is 1.74 bits per heavy atom. The maximum absolute atomic E-state index is 11.6. The number of hydrogen-bond acceptors (Lipinski definition) is 4. The van der Waals surface area contributed by atoms with Crippen LogP contribution in [0.25, 0.3) is 0 Å². The van der Waals surface area contributed by atoms with E-state index in [1.165, 1.54) is 0 Å². The number of aryl methyl sites for hydroxylation is 1. The van der Waals surface area contributed by atoms with Crippen LogP contribution < -0.4 is 15.2 Å². The fraction of sp³-hybridized carbons (Fsp3) is 0.278. The van der Waals surface area contributed by atoms with Crippen LogP contribution in [0.1, 0.15) is 23.5 Å². The van der Waals surface area contributed by atoms with Crippen LogP contribution in [0.15, 0.2) is 42.5 Å². The van der Waals surface area contributed by atoms with Gasteiger partial charge in [0, 0.05) is 11.8 Å². The third-order valence-electron chi connectivity index (χ3n) is 3.85. The summed E-state index contributed by atoms with van der Waals surface area (Å²) in [6.45, 7) is 0. The smallest absolute Gasteiger partial charge is 0.310 e. The Morgan fingerprint density at radius 3 is 2.30 bits per heavy atom. The summed E-state index contributed by atoms with van der Waals surface area (Å²) in [6, 6.07) is 12.7. The molecule has 2 aromatic carbocycles. The maximum Gasteiger partial charge on any atom is 0.310 e. The van der Waals surface area contributed by atoms with Gasteiger partial charge in [-0.05, 0) is 30.0 Å². The number of nitrogen functional groups attached to an aromatic ring is 1. The zero-order valence-electron chi connectivity index (χ0n) is 13.3. The Kier molecular flexibility index (Phi) is 5.46. The van der Waals surface area contributed by atoms with Crippen molar-refractivity contribution in [3.05, 3.63) is 53.6 Å². The summed E-state index contributed by atoms with van der Waals surface area (Å²) in [5.41, 5.74) is 8.25. The van der Waals surface area contributed by atoms with Gasteiger partial charge in [0.05, 0.1) is 20.1 Å². The van der Waals surface area contributed by atoms with E-state index in [4.69, 9.17) is 15.2 Å². The van der Waals surface area contributed by atoms with Crippen LogP contribution in [0.4, 0.5) is 5.69 Å². The van der Waals surface area contributed by atoms with Gasteiger partial charge in [0.15, 0.2) is 11.5 Å². The standard InChI is InChI=1S/C18H21NO4/c1-22-16-10-13(15(19)11-17(16)23-2)8-9-14(18(20)21)12-6-4-3-5-7-12/h3-7,10-11,14H,8-9,19H2,1-2H3,(H,20,21)/t14-/m1/s1. The van der Waals surface area contributed by atoms with E-state index in [1.54, 1.807) is 26.4 Å². The predicted octanol–water partition coefficient (Wildman–Crippen LogP) is 3.09. The molecule has 0 aliphatic rings. The van der Waals surface area contributed by atoms with Gasteiger partial charge in [0.25, 0.3) is 0 Å². The average Bonchev–Trinajstić information content (AvgIpc) is 2.56. The minimum Gasteiger partial charge on any atom is -0.493 e. The first-order valence-corrected chi connectivity index (χ1v) is 7.35. The molecular formula is C18H21NO4. The Morgan fingerprint density at radius 1 is 1.13 bits per heavy atom. The highest BCUT2D eigenvalue weighted by atomic mass is 16.5. The highest BCUT2D eigenvalue weighted by Crippen LogP contribution is 2.33. The van der Waals surface area contributed by atoms with Crippen molar-refractivity contribution in [3.8, 4) is 11.5 Å². The van der Waals surface area contributed by atoms with E-state index in [9.17, 15) is 9.90 Å². The molecule has 5 heteroatoms. The number of nitrogens with two attached hydrogens (primary N) is 1. The van der Waals surface area contributed by atoms with Crippen molar-refractivity contribution in [1.82, 2.24) is 0 Å². The number of carbonyl (C=O) groups is 1. The Bertz CT molecular complexity index is 670. The topological polar surface area (TPSA) is 81.8 Å². The molecule has 0 aliphatic heterocycles. The molecule has 3 N–H and O–H groups in total. The molecule has 0 unspecified atom stereocenters. The van der Waals surface area contributed by atoms with Gasteiger partial charge in [0.2, 0.25) is 0 Å². The fourth-order valence-electron chi connectivity index (χ4n) is 2.57. The van der Waals surface area contributed by atoms with E-state index < -0.39 is 11.9 Å². The van der Waals surface area contributed by atoms with Crippen LogP contribution in [0.2, 0.25) is 0 Å². The van der Waals surface area contributed by atoms with Crippen molar-refractivity contribution >= 4 is 11.7 Å². The minimum absolute atomic E-state index is 0.457. The lowest BCUT2D eigenvalue weighted by Crippen LogP contribution is -2.13. The first-order chi connectivity index (χ1) is 11.1. The molecule has 2 rings (SSSR count). The summed E-state index contributed by atoms with van der Waals surface area (Å²) in [5.74, 6) is -0.256. The minimum atomic E-state index is -0.838. The van der Waals surface area contributed by atoms with Gasteiger partial charge in [-0.2, -0.15) is 0 Å². The predicted molar refractivity (Wildman–Crippen MR) is 89.1 cm³/mol. The normalized spacial score (nSPS) is 11.7. The number of benzene rings is 2. The second kappa shape index (κ2) is 7.54. The van der Waals surface area contributed by atoms with E-state index in [0.29, 0.717) is 30.0 Å². The lowest BCUT2D eigenvalue weighted by Gasteiger charge is -2.15. The average molecular weight is 315 g/mol. The van der Waals surface area contributed by atoms with Gasteiger partial charge in [-0.1, -0.05) is 30.3 Å². The summed E-state index contributed by atoms with van der Waals surface area (Å²) in [7, 11) is 3.11. The zero-order valence-corrected chi connectivity index (χ0v) is 13.3. The van der Waals surface area contributed by atoms with Crippen LogP contribution in [-0.2, 0) is 11.2 Å². The van der Waals surface area contributed by atoms with Gasteiger partial charge in [0.1, 0.15) is 0 Å².